The SMILES string of the molecule is COC1CCc2c(OC3CCC(N)CC3)ccc(C#N)c21. The molecule has 0 bridgehead atoms. The van der Waals surface area contributed by atoms with E-state index in [2.05, 4.69) is 6.07 Å². The second kappa shape index (κ2) is 6.05. The van der Waals surface area contributed by atoms with Crippen LogP contribution in [0.15, 0.2) is 12.1 Å². The topological polar surface area (TPSA) is 68.3 Å². The van der Waals surface area contributed by atoms with Gasteiger partial charge in [-0.2, -0.15) is 5.26 Å². The Bertz CT molecular complexity index is 557. The summed E-state index contributed by atoms with van der Waals surface area (Å²) in [7, 11) is 1.71. The van der Waals surface area contributed by atoms with Crippen molar-refractivity contribution in [2.75, 3.05) is 7.11 Å². The molecule has 1 fully saturated rings. The van der Waals surface area contributed by atoms with Gasteiger partial charge in [0.1, 0.15) is 5.75 Å². The van der Waals surface area contributed by atoms with Gasteiger partial charge < -0.3 is 15.2 Å². The van der Waals surface area contributed by atoms with E-state index in [9.17, 15) is 5.26 Å². The van der Waals surface area contributed by atoms with Gasteiger partial charge >= 0.3 is 0 Å². The maximum absolute atomic E-state index is 9.30. The molecule has 0 aliphatic heterocycles. The Labute approximate surface area is 125 Å². The molecule has 0 saturated heterocycles. The predicted molar refractivity (Wildman–Crippen MR) is 80.1 cm³/mol. The highest BCUT2D eigenvalue weighted by atomic mass is 16.5. The van der Waals surface area contributed by atoms with Crippen molar-refractivity contribution in [3.63, 3.8) is 0 Å². The molecular weight excluding hydrogens is 264 g/mol. The maximum atomic E-state index is 9.30. The molecule has 1 saturated carbocycles. The minimum absolute atomic E-state index is 0.0259. The highest BCUT2D eigenvalue weighted by molar-refractivity contribution is 5.53. The average Bonchev–Trinajstić information content (AvgIpc) is 2.94. The van der Waals surface area contributed by atoms with E-state index in [4.69, 9.17) is 15.2 Å². The van der Waals surface area contributed by atoms with Gasteiger partial charge in [-0.25, -0.2) is 0 Å². The van der Waals surface area contributed by atoms with Crippen LogP contribution in [0.2, 0.25) is 0 Å². The Balaban J connectivity index is 1.84. The smallest absolute Gasteiger partial charge is 0.123 e. The summed E-state index contributed by atoms with van der Waals surface area (Å²) in [6.45, 7) is 0. The Hall–Kier alpha value is -1.57. The third kappa shape index (κ3) is 2.76. The molecule has 0 aromatic heterocycles. The first kappa shape index (κ1) is 14.4. The first-order chi connectivity index (χ1) is 10.2. The lowest BCUT2D eigenvalue weighted by atomic mass is 9.93. The summed E-state index contributed by atoms with van der Waals surface area (Å²) in [5.41, 5.74) is 8.86. The van der Waals surface area contributed by atoms with Gasteiger partial charge in [0.2, 0.25) is 0 Å². The van der Waals surface area contributed by atoms with Crippen molar-refractivity contribution in [2.24, 2.45) is 5.73 Å². The van der Waals surface area contributed by atoms with Gasteiger partial charge in [0.25, 0.3) is 0 Å². The van der Waals surface area contributed by atoms with Crippen LogP contribution in [0, 0.1) is 11.3 Å². The monoisotopic (exact) mass is 286 g/mol. The summed E-state index contributed by atoms with van der Waals surface area (Å²) in [6, 6.07) is 6.41. The summed E-state index contributed by atoms with van der Waals surface area (Å²) in [5.74, 6) is 0.934. The molecule has 1 aromatic carbocycles. The fourth-order valence-corrected chi connectivity index (χ4v) is 3.52. The van der Waals surface area contributed by atoms with Crippen molar-refractivity contribution >= 4 is 0 Å². The lowest BCUT2D eigenvalue weighted by Crippen LogP contribution is -2.31. The van der Waals surface area contributed by atoms with Gasteiger partial charge in [-0.15, -0.1) is 0 Å². The zero-order chi connectivity index (χ0) is 14.8. The zero-order valence-electron chi connectivity index (χ0n) is 12.5. The predicted octanol–water partition coefficient (Wildman–Crippen LogP) is 2.84. The van der Waals surface area contributed by atoms with E-state index < -0.39 is 0 Å². The molecule has 1 unspecified atom stereocenters. The van der Waals surface area contributed by atoms with E-state index >= 15 is 0 Å². The molecule has 2 N–H and O–H groups in total. The van der Waals surface area contributed by atoms with E-state index in [0.29, 0.717) is 11.6 Å². The number of nitrogens with two attached hydrogens (primary N) is 1. The number of hydrogen-bond donors (Lipinski definition) is 1. The molecular formula is C17H22N2O2. The molecule has 3 rings (SSSR count). The highest BCUT2D eigenvalue weighted by Gasteiger charge is 2.29. The fourth-order valence-electron chi connectivity index (χ4n) is 3.52. The largest absolute Gasteiger partial charge is 0.490 e. The average molecular weight is 286 g/mol. The molecule has 4 heteroatoms. The normalized spacial score (nSPS) is 28.0. The quantitative estimate of drug-likeness (QED) is 0.927. The van der Waals surface area contributed by atoms with Gasteiger partial charge in [-0.3, -0.25) is 0 Å². The first-order valence-corrected chi connectivity index (χ1v) is 7.73. The van der Waals surface area contributed by atoms with Crippen LogP contribution in [0.3, 0.4) is 0 Å². The number of fused-ring (bicyclic) bond motifs is 1. The summed E-state index contributed by atoms with van der Waals surface area (Å²) in [5, 5.41) is 9.30. The fraction of sp³-hybridized carbons (Fsp3) is 0.588. The third-order valence-corrected chi connectivity index (χ3v) is 4.71. The first-order valence-electron chi connectivity index (χ1n) is 7.73. The molecule has 4 nitrogen and oxygen atoms in total. The van der Waals surface area contributed by atoms with Crippen LogP contribution in [0.25, 0.3) is 0 Å². The third-order valence-electron chi connectivity index (χ3n) is 4.71. The van der Waals surface area contributed by atoms with Gasteiger partial charge in [-0.1, -0.05) is 0 Å². The van der Waals surface area contributed by atoms with E-state index in [-0.39, 0.29) is 12.2 Å². The van der Waals surface area contributed by atoms with Crippen LogP contribution in [-0.4, -0.2) is 19.3 Å². The van der Waals surface area contributed by atoms with Crippen LogP contribution in [0.5, 0.6) is 5.75 Å². The number of hydrogen-bond acceptors (Lipinski definition) is 4. The van der Waals surface area contributed by atoms with Gasteiger partial charge in [0, 0.05) is 24.3 Å². The van der Waals surface area contributed by atoms with Crippen molar-refractivity contribution in [1.29, 1.82) is 5.26 Å². The van der Waals surface area contributed by atoms with E-state index in [0.717, 1.165) is 55.4 Å². The van der Waals surface area contributed by atoms with Crippen LogP contribution in [0.4, 0.5) is 0 Å². The molecule has 1 aromatic rings. The van der Waals surface area contributed by atoms with Gasteiger partial charge in [0.05, 0.1) is 23.8 Å². The van der Waals surface area contributed by atoms with Crippen LogP contribution in [-0.2, 0) is 11.2 Å². The lowest BCUT2D eigenvalue weighted by molar-refractivity contribution is 0.105. The Morgan fingerprint density at radius 1 is 1.19 bits per heavy atom. The summed E-state index contributed by atoms with van der Waals surface area (Å²) in [4.78, 5) is 0. The van der Waals surface area contributed by atoms with Crippen LogP contribution >= 0.6 is 0 Å². The number of benzene rings is 1. The molecule has 2 aliphatic carbocycles. The van der Waals surface area contributed by atoms with Gasteiger partial charge in [-0.05, 0) is 50.7 Å². The summed E-state index contributed by atoms with van der Waals surface area (Å²) < 4.78 is 11.7. The van der Waals surface area contributed by atoms with Gasteiger partial charge in [0.15, 0.2) is 0 Å². The van der Waals surface area contributed by atoms with Crippen LogP contribution < -0.4 is 10.5 Å². The lowest BCUT2D eigenvalue weighted by Gasteiger charge is -2.27. The molecule has 1 atom stereocenters. The Morgan fingerprint density at radius 3 is 2.62 bits per heavy atom. The maximum Gasteiger partial charge on any atom is 0.123 e. The number of nitriles is 1. The van der Waals surface area contributed by atoms with Crippen molar-refractivity contribution in [3.8, 4) is 11.8 Å². The van der Waals surface area contributed by atoms with E-state index in [1.54, 1.807) is 7.11 Å². The summed E-state index contributed by atoms with van der Waals surface area (Å²) in [6.07, 6.45) is 6.23. The number of ether oxygens (including phenoxy) is 2. The van der Waals surface area contributed by atoms with Crippen molar-refractivity contribution in [3.05, 3.63) is 28.8 Å². The Kier molecular flexibility index (Phi) is 4.14. The molecule has 0 amide bonds. The minimum atomic E-state index is 0.0259. The molecule has 0 radical (unpaired) electrons. The van der Waals surface area contributed by atoms with Crippen molar-refractivity contribution in [2.45, 2.75) is 56.8 Å². The van der Waals surface area contributed by atoms with E-state index in [1.165, 1.54) is 0 Å². The summed E-state index contributed by atoms with van der Waals surface area (Å²) >= 11 is 0. The van der Waals surface area contributed by atoms with Crippen LogP contribution in [0.1, 0.15) is 54.9 Å². The molecule has 0 spiro atoms. The second-order valence-corrected chi connectivity index (χ2v) is 6.03. The van der Waals surface area contributed by atoms with Crippen molar-refractivity contribution in [1.82, 2.24) is 0 Å². The highest BCUT2D eigenvalue weighted by Crippen LogP contribution is 2.41. The minimum Gasteiger partial charge on any atom is -0.490 e. The molecule has 2 aliphatic rings. The number of methoxy groups -OCH3 is 1. The second-order valence-electron chi connectivity index (χ2n) is 6.03. The Morgan fingerprint density at radius 2 is 1.95 bits per heavy atom. The number of nitrogens with zero attached hydrogens (tertiary/aromatic N) is 1. The molecule has 112 valence electrons. The number of rotatable bonds is 3. The molecule has 0 heterocycles. The molecule has 21 heavy (non-hydrogen) atoms. The van der Waals surface area contributed by atoms with Crippen molar-refractivity contribution < 1.29 is 9.47 Å². The van der Waals surface area contributed by atoms with E-state index in [1.807, 2.05) is 12.1 Å². The standard InChI is InChI=1S/C17H22N2O2/c1-20-16-9-7-14-15(8-2-11(10-18)17(14)16)21-13-5-3-12(19)4-6-13/h2,8,12-13,16H,3-7,9,19H2,1H3. The zero-order valence-corrected chi connectivity index (χ0v) is 12.5.